The Morgan fingerprint density at radius 1 is 1.44 bits per heavy atom. The van der Waals surface area contributed by atoms with Gasteiger partial charge in [0, 0.05) is 25.7 Å². The summed E-state index contributed by atoms with van der Waals surface area (Å²) in [6.45, 7) is 11.2. The Morgan fingerprint density at radius 2 is 2.19 bits per heavy atom. The molecule has 1 fully saturated rings. The van der Waals surface area contributed by atoms with Crippen LogP contribution in [0.4, 0.5) is 0 Å². The number of nitrogens with one attached hydrogen (secondary N) is 1. The van der Waals surface area contributed by atoms with Crippen LogP contribution in [0.3, 0.4) is 0 Å². The first-order valence-corrected chi connectivity index (χ1v) is 6.65. The van der Waals surface area contributed by atoms with Crippen molar-refractivity contribution < 1.29 is 4.74 Å². The summed E-state index contributed by atoms with van der Waals surface area (Å²) in [4.78, 5) is 2.61. The molecule has 0 aromatic rings. The maximum Gasteiger partial charge on any atom is 0.0620 e. The highest BCUT2D eigenvalue weighted by Crippen LogP contribution is 2.15. The van der Waals surface area contributed by atoms with Crippen LogP contribution in [0.1, 0.15) is 33.6 Å². The molecule has 1 aliphatic heterocycles. The van der Waals surface area contributed by atoms with Crippen molar-refractivity contribution in [2.45, 2.75) is 45.7 Å². The number of methoxy groups -OCH3 is 1. The van der Waals surface area contributed by atoms with Crippen molar-refractivity contribution in [3.05, 3.63) is 0 Å². The van der Waals surface area contributed by atoms with E-state index >= 15 is 0 Å². The third-order valence-electron chi connectivity index (χ3n) is 3.58. The number of nitrogens with zero attached hydrogens (tertiary/aromatic N) is 1. The minimum atomic E-state index is 0.568. The quantitative estimate of drug-likeness (QED) is 0.775. The van der Waals surface area contributed by atoms with Crippen molar-refractivity contribution in [2.24, 2.45) is 5.92 Å². The molecule has 0 amide bonds. The molecule has 3 heteroatoms. The molecule has 0 aromatic carbocycles. The van der Waals surface area contributed by atoms with Crippen molar-refractivity contribution in [3.8, 4) is 0 Å². The standard InChI is InChI=1S/C13H28N2O/c1-5-12-9-15(8-6-7-14-12)13(10-16-4)11(2)3/h11-14H,5-10H2,1-4H3. The average molecular weight is 228 g/mol. The first-order chi connectivity index (χ1) is 7.69. The molecule has 2 atom stereocenters. The zero-order chi connectivity index (χ0) is 12.0. The topological polar surface area (TPSA) is 24.5 Å². The van der Waals surface area contributed by atoms with Gasteiger partial charge in [0.25, 0.3) is 0 Å². The van der Waals surface area contributed by atoms with E-state index in [0.717, 1.165) is 13.2 Å². The molecular weight excluding hydrogens is 200 g/mol. The molecular formula is C13H28N2O. The second-order valence-corrected chi connectivity index (χ2v) is 5.17. The van der Waals surface area contributed by atoms with E-state index in [4.69, 9.17) is 4.74 Å². The van der Waals surface area contributed by atoms with Crippen molar-refractivity contribution in [1.82, 2.24) is 10.2 Å². The van der Waals surface area contributed by atoms with Gasteiger partial charge in [-0.05, 0) is 31.8 Å². The third-order valence-corrected chi connectivity index (χ3v) is 3.58. The maximum absolute atomic E-state index is 5.37. The van der Waals surface area contributed by atoms with Gasteiger partial charge in [0.05, 0.1) is 6.61 Å². The van der Waals surface area contributed by atoms with Crippen LogP contribution in [0.2, 0.25) is 0 Å². The lowest BCUT2D eigenvalue weighted by molar-refractivity contribution is 0.0629. The summed E-state index contributed by atoms with van der Waals surface area (Å²) in [6.07, 6.45) is 2.47. The molecule has 96 valence electrons. The minimum Gasteiger partial charge on any atom is -0.383 e. The van der Waals surface area contributed by atoms with Crippen molar-refractivity contribution in [2.75, 3.05) is 33.4 Å². The highest BCUT2D eigenvalue weighted by Gasteiger charge is 2.25. The molecule has 2 unspecified atom stereocenters. The number of hydrogen-bond acceptors (Lipinski definition) is 3. The molecule has 3 nitrogen and oxygen atoms in total. The molecule has 1 heterocycles. The Labute approximate surface area is 101 Å². The van der Waals surface area contributed by atoms with Crippen LogP contribution >= 0.6 is 0 Å². The Hall–Kier alpha value is -0.120. The highest BCUT2D eigenvalue weighted by atomic mass is 16.5. The SMILES string of the molecule is CCC1CN(C(COC)C(C)C)CCCN1. The van der Waals surface area contributed by atoms with E-state index in [2.05, 4.69) is 31.0 Å². The summed E-state index contributed by atoms with van der Waals surface area (Å²) in [6, 6.07) is 1.22. The summed E-state index contributed by atoms with van der Waals surface area (Å²) < 4.78 is 5.37. The largest absolute Gasteiger partial charge is 0.383 e. The van der Waals surface area contributed by atoms with Gasteiger partial charge in [-0.1, -0.05) is 20.8 Å². The first-order valence-electron chi connectivity index (χ1n) is 6.65. The average Bonchev–Trinajstić information content (AvgIpc) is 2.50. The fourth-order valence-corrected chi connectivity index (χ4v) is 2.49. The van der Waals surface area contributed by atoms with Crippen molar-refractivity contribution in [3.63, 3.8) is 0 Å². The Kier molecular flexibility index (Phi) is 6.32. The number of rotatable bonds is 5. The monoisotopic (exact) mass is 228 g/mol. The van der Waals surface area contributed by atoms with Crippen LogP contribution in [0.5, 0.6) is 0 Å². The van der Waals surface area contributed by atoms with Crippen molar-refractivity contribution in [1.29, 1.82) is 0 Å². The second-order valence-electron chi connectivity index (χ2n) is 5.17. The fraction of sp³-hybridized carbons (Fsp3) is 1.00. The smallest absolute Gasteiger partial charge is 0.0620 e. The molecule has 0 spiro atoms. The predicted molar refractivity (Wildman–Crippen MR) is 68.8 cm³/mol. The van der Waals surface area contributed by atoms with Crippen LogP contribution in [0.25, 0.3) is 0 Å². The van der Waals surface area contributed by atoms with Gasteiger partial charge in [-0.25, -0.2) is 0 Å². The Morgan fingerprint density at radius 3 is 2.75 bits per heavy atom. The maximum atomic E-state index is 5.37. The highest BCUT2D eigenvalue weighted by molar-refractivity contribution is 4.82. The van der Waals surface area contributed by atoms with Gasteiger partial charge in [-0.15, -0.1) is 0 Å². The molecule has 1 saturated heterocycles. The summed E-state index contributed by atoms with van der Waals surface area (Å²) in [5.41, 5.74) is 0. The molecule has 0 aliphatic carbocycles. The Balaban J connectivity index is 2.58. The molecule has 16 heavy (non-hydrogen) atoms. The first kappa shape index (κ1) is 13.9. The summed E-state index contributed by atoms with van der Waals surface area (Å²) >= 11 is 0. The van der Waals surface area contributed by atoms with E-state index in [1.165, 1.54) is 25.9 Å². The Bertz CT molecular complexity index is 185. The number of hydrogen-bond donors (Lipinski definition) is 1. The van der Waals surface area contributed by atoms with Crippen LogP contribution < -0.4 is 5.32 Å². The van der Waals surface area contributed by atoms with E-state index in [9.17, 15) is 0 Å². The molecule has 0 aromatic heterocycles. The molecule has 0 saturated carbocycles. The van der Waals surface area contributed by atoms with Crippen LogP contribution in [0, 0.1) is 5.92 Å². The fourth-order valence-electron chi connectivity index (χ4n) is 2.49. The van der Waals surface area contributed by atoms with Gasteiger partial charge in [0.15, 0.2) is 0 Å². The van der Waals surface area contributed by atoms with Crippen LogP contribution in [0.15, 0.2) is 0 Å². The van der Waals surface area contributed by atoms with Gasteiger partial charge in [0.2, 0.25) is 0 Å². The van der Waals surface area contributed by atoms with Gasteiger partial charge in [0.1, 0.15) is 0 Å². The lowest BCUT2D eigenvalue weighted by Crippen LogP contribution is -2.46. The number of ether oxygens (including phenoxy) is 1. The third kappa shape index (κ3) is 4.04. The van der Waals surface area contributed by atoms with Gasteiger partial charge >= 0.3 is 0 Å². The summed E-state index contributed by atoms with van der Waals surface area (Å²) in [5, 5.41) is 3.61. The minimum absolute atomic E-state index is 0.568. The molecule has 1 aliphatic rings. The van der Waals surface area contributed by atoms with E-state index in [1.807, 2.05) is 7.11 Å². The van der Waals surface area contributed by atoms with Crippen molar-refractivity contribution >= 4 is 0 Å². The zero-order valence-corrected chi connectivity index (χ0v) is 11.3. The van der Waals surface area contributed by atoms with Gasteiger partial charge in [-0.2, -0.15) is 0 Å². The van der Waals surface area contributed by atoms with Crippen LogP contribution in [-0.4, -0.2) is 50.3 Å². The summed E-state index contributed by atoms with van der Waals surface area (Å²) in [7, 11) is 1.81. The van der Waals surface area contributed by atoms with Gasteiger partial charge < -0.3 is 10.1 Å². The molecule has 1 rings (SSSR count). The van der Waals surface area contributed by atoms with E-state index < -0.39 is 0 Å². The van der Waals surface area contributed by atoms with Gasteiger partial charge in [-0.3, -0.25) is 4.90 Å². The lowest BCUT2D eigenvalue weighted by Gasteiger charge is -2.34. The predicted octanol–water partition coefficient (Wildman–Crippen LogP) is 1.73. The van der Waals surface area contributed by atoms with E-state index in [0.29, 0.717) is 18.0 Å². The normalized spacial score (nSPS) is 25.7. The molecule has 1 N–H and O–H groups in total. The van der Waals surface area contributed by atoms with E-state index in [-0.39, 0.29) is 0 Å². The lowest BCUT2D eigenvalue weighted by atomic mass is 10.0. The van der Waals surface area contributed by atoms with E-state index in [1.54, 1.807) is 0 Å². The molecule has 0 bridgehead atoms. The second kappa shape index (κ2) is 7.25. The molecule has 0 radical (unpaired) electrons. The zero-order valence-electron chi connectivity index (χ0n) is 11.3. The summed E-state index contributed by atoms with van der Waals surface area (Å²) in [5.74, 6) is 0.663. The van der Waals surface area contributed by atoms with Crippen LogP contribution in [-0.2, 0) is 4.74 Å².